The van der Waals surface area contributed by atoms with E-state index in [-0.39, 0.29) is 0 Å². The van der Waals surface area contributed by atoms with Crippen LogP contribution in [0.3, 0.4) is 0 Å². The minimum absolute atomic E-state index is 1.000. The topological polar surface area (TPSA) is 0 Å². The summed E-state index contributed by atoms with van der Waals surface area (Å²) < 4.78 is 0. The van der Waals surface area contributed by atoms with Crippen molar-refractivity contribution in [1.82, 2.24) is 0 Å². The Hall–Kier alpha value is -0.520. The van der Waals surface area contributed by atoms with Gasteiger partial charge in [-0.3, -0.25) is 0 Å². The highest BCUT2D eigenvalue weighted by molar-refractivity contribution is 5.28. The van der Waals surface area contributed by atoms with Gasteiger partial charge < -0.3 is 0 Å². The highest BCUT2D eigenvalue weighted by Gasteiger charge is 2.22. The average molecular weight is 162 g/mol. The fourth-order valence-electron chi connectivity index (χ4n) is 2.58. The second-order valence-electron chi connectivity index (χ2n) is 4.15. The smallest absolute Gasteiger partial charge is 0.0136 e. The lowest BCUT2D eigenvalue weighted by Gasteiger charge is -2.06. The molecule has 0 nitrogen and oxygen atoms in total. The molecule has 0 N–H and O–H groups in total. The van der Waals surface area contributed by atoms with Crippen LogP contribution in [0, 0.1) is 5.92 Å². The van der Waals surface area contributed by atoms with E-state index in [0.717, 1.165) is 5.92 Å². The molecule has 12 heavy (non-hydrogen) atoms. The van der Waals surface area contributed by atoms with Crippen molar-refractivity contribution in [3.05, 3.63) is 23.3 Å². The Labute approximate surface area is 75.4 Å². The summed E-state index contributed by atoms with van der Waals surface area (Å²) in [7, 11) is 0. The summed E-state index contributed by atoms with van der Waals surface area (Å²) in [5.74, 6) is 1.000. The van der Waals surface area contributed by atoms with Crippen LogP contribution >= 0.6 is 0 Å². The third-order valence-electron chi connectivity index (χ3n) is 3.16. The molecule has 66 valence electrons. The number of hydrogen-bond donors (Lipinski definition) is 0. The predicted molar refractivity (Wildman–Crippen MR) is 53.0 cm³/mol. The fourth-order valence-corrected chi connectivity index (χ4v) is 2.58. The Balaban J connectivity index is 1.94. The Morgan fingerprint density at radius 2 is 1.75 bits per heavy atom. The summed E-state index contributed by atoms with van der Waals surface area (Å²) in [6.07, 6.45) is 12.8. The normalized spacial score (nSPS) is 23.4. The summed E-state index contributed by atoms with van der Waals surface area (Å²) in [5.41, 5.74) is 3.55. The predicted octanol–water partition coefficient (Wildman–Crippen LogP) is 3.84. The largest absolute Gasteiger partial charge is 0.0841 e. The van der Waals surface area contributed by atoms with Crippen LogP contribution in [0.1, 0.15) is 45.4 Å². The van der Waals surface area contributed by atoms with Crippen LogP contribution in [0.2, 0.25) is 0 Å². The van der Waals surface area contributed by atoms with E-state index in [9.17, 15) is 0 Å². The zero-order valence-electron chi connectivity index (χ0n) is 7.97. The third-order valence-corrected chi connectivity index (χ3v) is 3.16. The Kier molecular flexibility index (Phi) is 2.34. The minimum atomic E-state index is 1.000. The van der Waals surface area contributed by atoms with E-state index in [1.807, 2.05) is 0 Å². The van der Waals surface area contributed by atoms with Gasteiger partial charge in [0.1, 0.15) is 0 Å². The lowest BCUT2D eigenvalue weighted by Crippen LogP contribution is -1.93. The van der Waals surface area contributed by atoms with Gasteiger partial charge in [-0.15, -0.1) is 0 Å². The molecule has 0 radical (unpaired) electrons. The fraction of sp³-hybridized carbons (Fsp3) is 0.667. The van der Waals surface area contributed by atoms with Crippen molar-refractivity contribution >= 4 is 0 Å². The van der Waals surface area contributed by atoms with E-state index < -0.39 is 0 Å². The number of hydrogen-bond acceptors (Lipinski definition) is 0. The minimum Gasteiger partial charge on any atom is -0.0841 e. The summed E-state index contributed by atoms with van der Waals surface area (Å²) in [6.45, 7) is 2.30. The van der Waals surface area contributed by atoms with E-state index in [4.69, 9.17) is 0 Å². The van der Waals surface area contributed by atoms with Crippen molar-refractivity contribution in [3.8, 4) is 0 Å². The molecule has 0 atom stereocenters. The summed E-state index contributed by atoms with van der Waals surface area (Å²) in [5, 5.41) is 0. The van der Waals surface area contributed by atoms with Gasteiger partial charge in [0, 0.05) is 0 Å². The molecular formula is C12H18. The molecule has 0 amide bonds. The van der Waals surface area contributed by atoms with E-state index in [1.165, 1.54) is 38.5 Å². The second-order valence-corrected chi connectivity index (χ2v) is 4.15. The van der Waals surface area contributed by atoms with Crippen LogP contribution in [-0.2, 0) is 0 Å². The van der Waals surface area contributed by atoms with Crippen molar-refractivity contribution in [2.45, 2.75) is 45.4 Å². The van der Waals surface area contributed by atoms with Crippen LogP contribution in [0.4, 0.5) is 0 Å². The first-order chi connectivity index (χ1) is 5.90. The Morgan fingerprint density at radius 3 is 2.25 bits per heavy atom. The van der Waals surface area contributed by atoms with Crippen LogP contribution in [-0.4, -0.2) is 0 Å². The van der Waals surface area contributed by atoms with E-state index in [0.29, 0.717) is 0 Å². The quantitative estimate of drug-likeness (QED) is 0.541. The van der Waals surface area contributed by atoms with Gasteiger partial charge in [0.2, 0.25) is 0 Å². The molecule has 0 heterocycles. The van der Waals surface area contributed by atoms with E-state index in [1.54, 1.807) is 11.1 Å². The zero-order valence-corrected chi connectivity index (χ0v) is 7.97. The molecule has 0 aromatic rings. The highest BCUT2D eigenvalue weighted by atomic mass is 14.3. The molecule has 2 aliphatic carbocycles. The third kappa shape index (κ3) is 1.48. The summed E-state index contributed by atoms with van der Waals surface area (Å²) in [4.78, 5) is 0. The molecule has 2 rings (SSSR count). The lowest BCUT2D eigenvalue weighted by molar-refractivity contribution is 0.501. The van der Waals surface area contributed by atoms with Crippen molar-refractivity contribution in [3.63, 3.8) is 0 Å². The molecule has 0 heteroatoms. The van der Waals surface area contributed by atoms with Crippen LogP contribution < -0.4 is 0 Å². The Bertz CT molecular complexity index is 200. The highest BCUT2D eigenvalue weighted by Crippen LogP contribution is 2.39. The number of allylic oxidation sites excluding steroid dienone is 4. The summed E-state index contributed by atoms with van der Waals surface area (Å²) in [6, 6.07) is 0. The standard InChI is InChI=1S/C12H18/c1-2-5-10-8-11-6-3-4-7-12(11)9-10/h3-4,10H,2,5-9H2,1H3. The van der Waals surface area contributed by atoms with Gasteiger partial charge in [0.15, 0.2) is 0 Å². The van der Waals surface area contributed by atoms with E-state index >= 15 is 0 Å². The van der Waals surface area contributed by atoms with Crippen LogP contribution in [0.15, 0.2) is 23.3 Å². The van der Waals surface area contributed by atoms with Crippen LogP contribution in [0.25, 0.3) is 0 Å². The SMILES string of the molecule is CCCC1CC2=C(CC=CC2)C1. The molecule has 0 saturated heterocycles. The first-order valence-electron chi connectivity index (χ1n) is 5.25. The molecule has 0 aliphatic heterocycles. The lowest BCUT2D eigenvalue weighted by atomic mass is 9.99. The first kappa shape index (κ1) is 8.10. The molecule has 0 unspecified atom stereocenters. The summed E-state index contributed by atoms with van der Waals surface area (Å²) >= 11 is 0. The van der Waals surface area contributed by atoms with Crippen molar-refractivity contribution in [1.29, 1.82) is 0 Å². The van der Waals surface area contributed by atoms with Gasteiger partial charge in [-0.25, -0.2) is 0 Å². The van der Waals surface area contributed by atoms with Gasteiger partial charge in [-0.05, 0) is 31.6 Å². The number of rotatable bonds is 2. The van der Waals surface area contributed by atoms with Crippen LogP contribution in [0.5, 0.6) is 0 Å². The molecule has 0 bridgehead atoms. The first-order valence-corrected chi connectivity index (χ1v) is 5.25. The molecule has 0 aromatic heterocycles. The molecule has 0 spiro atoms. The van der Waals surface area contributed by atoms with Crippen molar-refractivity contribution < 1.29 is 0 Å². The second kappa shape index (κ2) is 3.47. The maximum atomic E-state index is 2.34. The molecule has 0 aromatic carbocycles. The van der Waals surface area contributed by atoms with Gasteiger partial charge in [-0.2, -0.15) is 0 Å². The van der Waals surface area contributed by atoms with Gasteiger partial charge in [0.25, 0.3) is 0 Å². The monoisotopic (exact) mass is 162 g/mol. The van der Waals surface area contributed by atoms with Crippen molar-refractivity contribution in [2.24, 2.45) is 5.92 Å². The molecule has 0 saturated carbocycles. The van der Waals surface area contributed by atoms with Gasteiger partial charge in [-0.1, -0.05) is 43.1 Å². The van der Waals surface area contributed by atoms with E-state index in [2.05, 4.69) is 19.1 Å². The average Bonchev–Trinajstić information content (AvgIpc) is 2.47. The van der Waals surface area contributed by atoms with Gasteiger partial charge >= 0.3 is 0 Å². The maximum absolute atomic E-state index is 2.34. The zero-order chi connectivity index (χ0) is 8.39. The molecular weight excluding hydrogens is 144 g/mol. The molecule has 2 aliphatic rings. The Morgan fingerprint density at radius 1 is 1.17 bits per heavy atom. The molecule has 0 fully saturated rings. The maximum Gasteiger partial charge on any atom is -0.0136 e. The van der Waals surface area contributed by atoms with Gasteiger partial charge in [0.05, 0.1) is 0 Å². The van der Waals surface area contributed by atoms with Crippen molar-refractivity contribution in [2.75, 3.05) is 0 Å².